The minimum Gasteiger partial charge on any atom is -0.461 e. The highest BCUT2D eigenvalue weighted by Gasteiger charge is 2.24. The molecule has 0 fully saturated rings. The molecule has 0 bridgehead atoms. The fourth-order valence-electron chi connectivity index (χ4n) is 1.78. The van der Waals surface area contributed by atoms with Crippen molar-refractivity contribution >= 4 is 11.7 Å². The van der Waals surface area contributed by atoms with Crippen molar-refractivity contribution in [3.63, 3.8) is 0 Å². The quantitative estimate of drug-likeness (QED) is 0.607. The van der Waals surface area contributed by atoms with Gasteiger partial charge in [-0.2, -0.15) is 0 Å². The highest BCUT2D eigenvalue weighted by molar-refractivity contribution is 6.41. The lowest BCUT2D eigenvalue weighted by Crippen LogP contribution is -2.33. The van der Waals surface area contributed by atoms with E-state index in [0.717, 1.165) is 0 Å². The Morgan fingerprint density at radius 1 is 1.45 bits per heavy atom. The number of furan rings is 1. The first-order valence-electron chi connectivity index (χ1n) is 6.22. The van der Waals surface area contributed by atoms with Crippen LogP contribution in [0, 0.1) is 0 Å². The van der Waals surface area contributed by atoms with Crippen molar-refractivity contribution in [1.29, 1.82) is 0 Å². The molecule has 0 aliphatic carbocycles. The zero-order chi connectivity index (χ0) is 14.7. The number of aromatic nitrogens is 3. The van der Waals surface area contributed by atoms with E-state index in [1.807, 2.05) is 18.4 Å². The molecule has 2 rings (SSSR count). The molecule has 0 aromatic carbocycles. The number of amides is 1. The summed E-state index contributed by atoms with van der Waals surface area (Å²) in [6, 6.07) is 3.21. The summed E-state index contributed by atoms with van der Waals surface area (Å²) in [5, 5.41) is 7.79. The van der Waals surface area contributed by atoms with Gasteiger partial charge in [0.2, 0.25) is 0 Å². The third-order valence-electron chi connectivity index (χ3n) is 2.87. The zero-order valence-electron chi connectivity index (χ0n) is 11.6. The van der Waals surface area contributed by atoms with Gasteiger partial charge in [-0.05, 0) is 26.0 Å². The van der Waals surface area contributed by atoms with Crippen molar-refractivity contribution < 1.29 is 14.0 Å². The first kappa shape index (κ1) is 14.0. The molecule has 7 nitrogen and oxygen atoms in total. The lowest BCUT2D eigenvalue weighted by molar-refractivity contribution is -0.125. The number of hydrogen-bond donors (Lipinski definition) is 0. The molecule has 0 aliphatic rings. The number of hydrogen-bond acceptors (Lipinski definition) is 5. The van der Waals surface area contributed by atoms with Crippen LogP contribution in [0.4, 0.5) is 0 Å². The summed E-state index contributed by atoms with van der Waals surface area (Å²) in [6.45, 7) is 4.19. The van der Waals surface area contributed by atoms with Crippen molar-refractivity contribution in [2.24, 2.45) is 0 Å². The van der Waals surface area contributed by atoms with E-state index in [4.69, 9.17) is 4.42 Å². The maximum Gasteiger partial charge on any atom is 0.298 e. The summed E-state index contributed by atoms with van der Waals surface area (Å²) < 4.78 is 6.78. The fraction of sp³-hybridized carbons (Fsp3) is 0.385. The number of ketones is 1. The van der Waals surface area contributed by atoms with Gasteiger partial charge in [-0.25, -0.2) is 0 Å². The first-order valence-corrected chi connectivity index (χ1v) is 6.22. The van der Waals surface area contributed by atoms with Gasteiger partial charge < -0.3 is 13.9 Å². The molecule has 106 valence electrons. The second kappa shape index (κ2) is 5.68. The van der Waals surface area contributed by atoms with Crippen molar-refractivity contribution in [3.8, 4) is 0 Å². The third kappa shape index (κ3) is 2.76. The number of carbonyl (C=O) groups excluding carboxylic acids is 2. The van der Waals surface area contributed by atoms with Crippen LogP contribution in [-0.4, -0.2) is 38.4 Å². The van der Waals surface area contributed by atoms with Gasteiger partial charge >= 0.3 is 0 Å². The molecule has 1 amide bonds. The molecule has 2 aromatic heterocycles. The third-order valence-corrected chi connectivity index (χ3v) is 2.87. The van der Waals surface area contributed by atoms with Crippen LogP contribution in [0.25, 0.3) is 0 Å². The molecule has 20 heavy (non-hydrogen) atoms. The van der Waals surface area contributed by atoms with Crippen molar-refractivity contribution in [2.45, 2.75) is 26.4 Å². The Hall–Kier alpha value is -2.44. The van der Waals surface area contributed by atoms with Crippen molar-refractivity contribution in [2.75, 3.05) is 7.05 Å². The monoisotopic (exact) mass is 276 g/mol. The van der Waals surface area contributed by atoms with E-state index in [1.54, 1.807) is 19.4 Å². The molecular weight excluding hydrogens is 260 g/mol. The van der Waals surface area contributed by atoms with Crippen LogP contribution in [0.1, 0.15) is 36.3 Å². The van der Waals surface area contributed by atoms with Crippen molar-refractivity contribution in [3.05, 3.63) is 36.3 Å². The molecular formula is C13H16N4O3. The van der Waals surface area contributed by atoms with Gasteiger partial charge in [-0.1, -0.05) is 0 Å². The van der Waals surface area contributed by atoms with Gasteiger partial charge in [0, 0.05) is 13.1 Å². The maximum absolute atomic E-state index is 12.0. The molecule has 0 spiro atoms. The zero-order valence-corrected chi connectivity index (χ0v) is 11.6. The van der Waals surface area contributed by atoms with E-state index >= 15 is 0 Å². The number of carbonyl (C=O) groups is 2. The predicted octanol–water partition coefficient (Wildman–Crippen LogP) is 1.29. The molecule has 0 saturated carbocycles. The summed E-state index contributed by atoms with van der Waals surface area (Å²) in [5.41, 5.74) is 0. The lowest BCUT2D eigenvalue weighted by Gasteiger charge is -2.17. The van der Waals surface area contributed by atoms with Crippen LogP contribution in [0.15, 0.2) is 29.1 Å². The summed E-state index contributed by atoms with van der Waals surface area (Å²) >= 11 is 0. The molecule has 0 aliphatic heterocycles. The normalized spacial score (nSPS) is 10.8. The molecule has 0 atom stereocenters. The Morgan fingerprint density at radius 3 is 2.80 bits per heavy atom. The van der Waals surface area contributed by atoms with Crippen LogP contribution in [0.2, 0.25) is 0 Å². The SMILES string of the molecule is CC(C)n1cnnc1CN(C)C(=O)C(=O)c1ccco1. The lowest BCUT2D eigenvalue weighted by atomic mass is 10.2. The summed E-state index contributed by atoms with van der Waals surface area (Å²) in [5.74, 6) is -0.651. The first-order chi connectivity index (χ1) is 9.50. The predicted molar refractivity (Wildman–Crippen MR) is 69.9 cm³/mol. The van der Waals surface area contributed by atoms with Gasteiger partial charge in [0.25, 0.3) is 11.7 Å². The minimum absolute atomic E-state index is 0.0344. The van der Waals surface area contributed by atoms with Gasteiger partial charge in [-0.15, -0.1) is 10.2 Å². The maximum atomic E-state index is 12.0. The van der Waals surface area contributed by atoms with E-state index in [2.05, 4.69) is 10.2 Å². The topological polar surface area (TPSA) is 81.2 Å². The highest BCUT2D eigenvalue weighted by Crippen LogP contribution is 2.10. The van der Waals surface area contributed by atoms with E-state index in [0.29, 0.717) is 5.82 Å². The molecule has 0 radical (unpaired) electrons. The number of likely N-dealkylation sites (N-methyl/N-ethyl adjacent to an activating group) is 1. The summed E-state index contributed by atoms with van der Waals surface area (Å²) in [4.78, 5) is 25.2. The minimum atomic E-state index is -0.673. The Morgan fingerprint density at radius 2 is 2.20 bits per heavy atom. The molecule has 0 saturated heterocycles. The van der Waals surface area contributed by atoms with Crippen molar-refractivity contribution in [1.82, 2.24) is 19.7 Å². The van der Waals surface area contributed by atoms with Gasteiger partial charge in [0.15, 0.2) is 11.6 Å². The Bertz CT molecular complexity index is 601. The summed E-state index contributed by atoms with van der Waals surface area (Å²) in [7, 11) is 1.54. The van der Waals surface area contributed by atoms with E-state index in [1.165, 1.54) is 17.2 Å². The molecule has 7 heteroatoms. The van der Waals surface area contributed by atoms with Crippen LogP contribution in [-0.2, 0) is 11.3 Å². The van der Waals surface area contributed by atoms with E-state index in [9.17, 15) is 9.59 Å². The highest BCUT2D eigenvalue weighted by atomic mass is 16.3. The fourth-order valence-corrected chi connectivity index (χ4v) is 1.78. The Balaban J connectivity index is 2.08. The number of rotatable bonds is 5. The molecule has 0 unspecified atom stereocenters. The largest absolute Gasteiger partial charge is 0.461 e. The van der Waals surface area contributed by atoms with Crippen LogP contribution in [0.3, 0.4) is 0 Å². The average Bonchev–Trinajstić information content (AvgIpc) is 3.07. The van der Waals surface area contributed by atoms with E-state index in [-0.39, 0.29) is 18.3 Å². The Kier molecular flexibility index (Phi) is 3.97. The number of Topliss-reactive ketones (excluding diaryl/α,β-unsaturated/α-hetero) is 1. The molecule has 0 N–H and O–H groups in total. The van der Waals surface area contributed by atoms with Crippen LogP contribution in [0.5, 0.6) is 0 Å². The molecule has 2 aromatic rings. The van der Waals surface area contributed by atoms with Gasteiger partial charge in [-0.3, -0.25) is 9.59 Å². The second-order valence-electron chi connectivity index (χ2n) is 4.72. The standard InChI is InChI=1S/C13H16N4O3/c1-9(2)17-8-14-15-11(17)7-16(3)13(19)12(18)10-5-4-6-20-10/h4-6,8-9H,7H2,1-3H3. The van der Waals surface area contributed by atoms with Gasteiger partial charge in [0.1, 0.15) is 6.33 Å². The Labute approximate surface area is 116 Å². The smallest absolute Gasteiger partial charge is 0.298 e. The van der Waals surface area contributed by atoms with Crippen LogP contribution < -0.4 is 0 Å². The second-order valence-corrected chi connectivity index (χ2v) is 4.72. The number of nitrogens with zero attached hydrogens (tertiary/aromatic N) is 4. The average molecular weight is 276 g/mol. The van der Waals surface area contributed by atoms with E-state index < -0.39 is 11.7 Å². The van der Waals surface area contributed by atoms with Crippen LogP contribution >= 0.6 is 0 Å². The van der Waals surface area contributed by atoms with Gasteiger partial charge in [0.05, 0.1) is 12.8 Å². The molecule has 2 heterocycles. The summed E-state index contributed by atoms with van der Waals surface area (Å²) in [6.07, 6.45) is 2.96.